The lowest BCUT2D eigenvalue weighted by Crippen LogP contribution is -2.39. The summed E-state index contributed by atoms with van der Waals surface area (Å²) in [5.41, 5.74) is 0.771. The van der Waals surface area contributed by atoms with E-state index < -0.39 is 12.2 Å². The minimum absolute atomic E-state index is 0.0838. The molecule has 4 nitrogen and oxygen atoms in total. The van der Waals surface area contributed by atoms with Crippen LogP contribution in [-0.4, -0.2) is 23.7 Å². The average molecular weight is 313 g/mol. The molecular weight excluding hydrogens is 290 g/mol. The van der Waals surface area contributed by atoms with Crippen LogP contribution in [0.15, 0.2) is 60.7 Å². The van der Waals surface area contributed by atoms with Crippen LogP contribution in [0.25, 0.3) is 0 Å². The summed E-state index contributed by atoms with van der Waals surface area (Å²) in [6, 6.07) is 18.6. The number of hydrogen-bond acceptors (Lipinski definition) is 3. The Morgan fingerprint density at radius 1 is 1.04 bits per heavy atom. The minimum atomic E-state index is -0.752. The number of para-hydroxylation sites is 1. The molecule has 2 rings (SSSR count). The third-order valence-corrected chi connectivity index (χ3v) is 3.59. The Morgan fingerprint density at radius 2 is 1.61 bits per heavy atom. The zero-order valence-electron chi connectivity index (χ0n) is 13.5. The van der Waals surface area contributed by atoms with Crippen molar-refractivity contribution in [2.24, 2.45) is 5.92 Å². The third kappa shape index (κ3) is 5.11. The maximum Gasteiger partial charge on any atom is 0.265 e. The Balaban J connectivity index is 2.12. The SMILES string of the molecule is CC(C)C(O)CNC(=O)C(Oc1ccccc1)c1ccccc1. The number of amides is 1. The second-order valence-corrected chi connectivity index (χ2v) is 5.78. The van der Waals surface area contributed by atoms with Crippen molar-refractivity contribution in [1.29, 1.82) is 0 Å². The number of ether oxygens (including phenoxy) is 1. The summed E-state index contributed by atoms with van der Waals surface area (Å²) < 4.78 is 5.86. The number of hydrogen-bond donors (Lipinski definition) is 2. The molecule has 0 bridgehead atoms. The molecule has 23 heavy (non-hydrogen) atoms. The normalized spacial score (nSPS) is 13.4. The van der Waals surface area contributed by atoms with Crippen LogP contribution in [0.2, 0.25) is 0 Å². The van der Waals surface area contributed by atoms with Gasteiger partial charge in [0.1, 0.15) is 5.75 Å². The lowest BCUT2D eigenvalue weighted by atomic mass is 10.1. The molecule has 0 aliphatic carbocycles. The number of nitrogens with one attached hydrogen (secondary N) is 1. The van der Waals surface area contributed by atoms with Crippen molar-refractivity contribution in [3.63, 3.8) is 0 Å². The minimum Gasteiger partial charge on any atom is -0.476 e. The fourth-order valence-electron chi connectivity index (χ4n) is 2.07. The summed E-state index contributed by atoms with van der Waals surface area (Å²) in [5.74, 6) is 0.446. The van der Waals surface area contributed by atoms with Crippen LogP contribution in [0, 0.1) is 5.92 Å². The summed E-state index contributed by atoms with van der Waals surface area (Å²) in [7, 11) is 0. The lowest BCUT2D eigenvalue weighted by molar-refractivity contribution is -0.128. The maximum atomic E-state index is 12.5. The van der Waals surface area contributed by atoms with Gasteiger partial charge in [-0.2, -0.15) is 0 Å². The molecule has 2 atom stereocenters. The molecule has 0 aromatic heterocycles. The van der Waals surface area contributed by atoms with Gasteiger partial charge in [-0.15, -0.1) is 0 Å². The molecule has 1 amide bonds. The molecule has 0 fully saturated rings. The van der Waals surface area contributed by atoms with E-state index in [0.717, 1.165) is 5.56 Å². The summed E-state index contributed by atoms with van der Waals surface area (Å²) in [6.45, 7) is 4.02. The Morgan fingerprint density at radius 3 is 2.17 bits per heavy atom. The van der Waals surface area contributed by atoms with E-state index in [9.17, 15) is 9.90 Å². The molecule has 4 heteroatoms. The number of benzene rings is 2. The highest BCUT2D eigenvalue weighted by molar-refractivity contribution is 5.82. The zero-order valence-corrected chi connectivity index (χ0v) is 13.5. The zero-order chi connectivity index (χ0) is 16.7. The number of carbonyl (C=O) groups is 1. The van der Waals surface area contributed by atoms with Crippen LogP contribution in [0.3, 0.4) is 0 Å². The summed E-state index contributed by atoms with van der Waals surface area (Å²) in [6.07, 6.45) is -1.33. The standard InChI is InChI=1S/C19H23NO3/c1-14(2)17(21)13-20-19(22)18(15-9-5-3-6-10-15)23-16-11-7-4-8-12-16/h3-12,14,17-18,21H,13H2,1-2H3,(H,20,22). The molecule has 2 aromatic rings. The highest BCUT2D eigenvalue weighted by Gasteiger charge is 2.23. The molecular formula is C19H23NO3. The quantitative estimate of drug-likeness (QED) is 0.826. The van der Waals surface area contributed by atoms with Crippen molar-refractivity contribution in [1.82, 2.24) is 5.32 Å². The van der Waals surface area contributed by atoms with E-state index in [-0.39, 0.29) is 18.4 Å². The van der Waals surface area contributed by atoms with E-state index in [1.165, 1.54) is 0 Å². The van der Waals surface area contributed by atoms with Crippen molar-refractivity contribution < 1.29 is 14.6 Å². The second kappa shape index (κ2) is 8.34. The first-order chi connectivity index (χ1) is 11.1. The van der Waals surface area contributed by atoms with Crippen molar-refractivity contribution in [3.05, 3.63) is 66.2 Å². The molecule has 122 valence electrons. The van der Waals surface area contributed by atoms with Gasteiger partial charge in [0, 0.05) is 12.1 Å². The molecule has 0 aliphatic heterocycles. The molecule has 0 saturated heterocycles. The average Bonchev–Trinajstić information content (AvgIpc) is 2.58. The van der Waals surface area contributed by atoms with Gasteiger partial charge in [0.2, 0.25) is 6.10 Å². The summed E-state index contributed by atoms with van der Waals surface area (Å²) in [5, 5.41) is 12.6. The molecule has 2 aromatic carbocycles. The molecule has 0 spiro atoms. The van der Waals surface area contributed by atoms with E-state index in [0.29, 0.717) is 5.75 Å². The maximum absolute atomic E-state index is 12.5. The Kier molecular flexibility index (Phi) is 6.18. The van der Waals surface area contributed by atoms with Crippen LogP contribution in [0.1, 0.15) is 25.5 Å². The van der Waals surface area contributed by atoms with E-state index in [4.69, 9.17) is 4.74 Å². The van der Waals surface area contributed by atoms with E-state index in [2.05, 4.69) is 5.32 Å². The van der Waals surface area contributed by atoms with Gasteiger partial charge in [0.05, 0.1) is 6.10 Å². The predicted molar refractivity (Wildman–Crippen MR) is 90.1 cm³/mol. The fourth-order valence-corrected chi connectivity index (χ4v) is 2.07. The Labute approximate surface area is 137 Å². The van der Waals surface area contributed by atoms with Gasteiger partial charge in [-0.1, -0.05) is 62.4 Å². The molecule has 0 heterocycles. The smallest absolute Gasteiger partial charge is 0.265 e. The Hall–Kier alpha value is -2.33. The highest BCUT2D eigenvalue weighted by atomic mass is 16.5. The molecule has 0 aliphatic rings. The lowest BCUT2D eigenvalue weighted by Gasteiger charge is -2.21. The number of aliphatic hydroxyl groups is 1. The summed E-state index contributed by atoms with van der Waals surface area (Å²) >= 11 is 0. The van der Waals surface area contributed by atoms with Gasteiger partial charge in [0.25, 0.3) is 5.91 Å². The fraction of sp³-hybridized carbons (Fsp3) is 0.316. The first-order valence-electron chi connectivity index (χ1n) is 7.80. The van der Waals surface area contributed by atoms with Crippen molar-refractivity contribution in [2.75, 3.05) is 6.54 Å². The topological polar surface area (TPSA) is 58.6 Å². The number of carbonyl (C=O) groups excluding carboxylic acids is 1. The molecule has 0 saturated carbocycles. The van der Waals surface area contributed by atoms with Crippen LogP contribution in [-0.2, 0) is 4.79 Å². The molecule has 0 radical (unpaired) electrons. The van der Waals surface area contributed by atoms with Crippen molar-refractivity contribution >= 4 is 5.91 Å². The van der Waals surface area contributed by atoms with Gasteiger partial charge in [-0.3, -0.25) is 4.79 Å². The van der Waals surface area contributed by atoms with Gasteiger partial charge < -0.3 is 15.2 Å². The van der Waals surface area contributed by atoms with E-state index in [1.807, 2.05) is 74.5 Å². The van der Waals surface area contributed by atoms with Crippen LogP contribution >= 0.6 is 0 Å². The Bertz CT molecular complexity index is 599. The van der Waals surface area contributed by atoms with Crippen LogP contribution < -0.4 is 10.1 Å². The predicted octanol–water partition coefficient (Wildman–Crippen LogP) is 2.94. The van der Waals surface area contributed by atoms with Crippen molar-refractivity contribution in [3.8, 4) is 5.75 Å². The van der Waals surface area contributed by atoms with E-state index >= 15 is 0 Å². The van der Waals surface area contributed by atoms with Crippen molar-refractivity contribution in [2.45, 2.75) is 26.1 Å². The largest absolute Gasteiger partial charge is 0.476 e. The van der Waals surface area contributed by atoms with Crippen LogP contribution in [0.4, 0.5) is 0 Å². The third-order valence-electron chi connectivity index (χ3n) is 3.59. The summed E-state index contributed by atoms with van der Waals surface area (Å²) in [4.78, 5) is 12.5. The van der Waals surface area contributed by atoms with E-state index in [1.54, 1.807) is 0 Å². The molecule has 2 N–H and O–H groups in total. The molecule has 2 unspecified atom stereocenters. The monoisotopic (exact) mass is 313 g/mol. The van der Waals surface area contributed by atoms with Gasteiger partial charge in [-0.25, -0.2) is 0 Å². The second-order valence-electron chi connectivity index (χ2n) is 5.78. The number of rotatable bonds is 7. The van der Waals surface area contributed by atoms with Gasteiger partial charge in [-0.05, 0) is 18.1 Å². The van der Waals surface area contributed by atoms with Gasteiger partial charge in [0.15, 0.2) is 0 Å². The highest BCUT2D eigenvalue weighted by Crippen LogP contribution is 2.22. The first kappa shape index (κ1) is 17.0. The first-order valence-corrected chi connectivity index (χ1v) is 7.80. The van der Waals surface area contributed by atoms with Crippen LogP contribution in [0.5, 0.6) is 5.75 Å². The van der Waals surface area contributed by atoms with Gasteiger partial charge >= 0.3 is 0 Å². The number of aliphatic hydroxyl groups excluding tert-OH is 1.